The minimum atomic E-state index is -0.197. The first kappa shape index (κ1) is 17.6. The van der Waals surface area contributed by atoms with Gasteiger partial charge in [-0.2, -0.15) is 0 Å². The van der Waals surface area contributed by atoms with E-state index in [1.165, 1.54) is 24.2 Å². The molecule has 1 atom stereocenters. The molecule has 3 aromatic rings. The maximum Gasteiger partial charge on any atom is 0.271 e. The van der Waals surface area contributed by atoms with Crippen molar-refractivity contribution in [2.45, 2.75) is 25.8 Å². The molecule has 0 saturated carbocycles. The molecule has 1 amide bonds. The first-order chi connectivity index (χ1) is 13.2. The van der Waals surface area contributed by atoms with Crippen LogP contribution in [0, 0.1) is 0 Å². The largest absolute Gasteiger partial charge is 0.357 e. The van der Waals surface area contributed by atoms with Gasteiger partial charge in [-0.3, -0.25) is 9.78 Å². The fourth-order valence-corrected chi connectivity index (χ4v) is 3.92. The fraction of sp³-hybridized carbons (Fsp3) is 0.300. The molecule has 3 aromatic heterocycles. The molecule has 0 unspecified atom stereocenters. The summed E-state index contributed by atoms with van der Waals surface area (Å²) in [5, 5.41) is 5.52. The second-order valence-electron chi connectivity index (χ2n) is 6.59. The van der Waals surface area contributed by atoms with Crippen molar-refractivity contribution in [1.82, 2.24) is 20.3 Å². The summed E-state index contributed by atoms with van der Waals surface area (Å²) in [5.41, 5.74) is 2.17. The van der Waals surface area contributed by atoms with Crippen molar-refractivity contribution < 1.29 is 4.79 Å². The van der Waals surface area contributed by atoms with Crippen molar-refractivity contribution in [1.29, 1.82) is 0 Å². The Labute approximate surface area is 162 Å². The van der Waals surface area contributed by atoms with Crippen LogP contribution in [0.15, 0.2) is 48.1 Å². The highest BCUT2D eigenvalue weighted by molar-refractivity contribution is 7.13. The van der Waals surface area contributed by atoms with E-state index in [1.54, 1.807) is 11.6 Å². The molecule has 0 spiro atoms. The van der Waals surface area contributed by atoms with Gasteiger partial charge in [0.05, 0.1) is 11.7 Å². The van der Waals surface area contributed by atoms with Gasteiger partial charge in [0, 0.05) is 36.4 Å². The van der Waals surface area contributed by atoms with Gasteiger partial charge in [-0.05, 0) is 44.0 Å². The standard InChI is InChI=1S/C20H21N5OS/c1-14(16-6-2-3-9-21-16)23-19(26)17-13-27-20(24-17)15-7-8-18(22-12-15)25-10-4-5-11-25/h2-3,6-9,12-14H,4-5,10-11H2,1H3,(H,23,26)/t14-/m0/s1. The summed E-state index contributed by atoms with van der Waals surface area (Å²) in [5.74, 6) is 0.812. The molecule has 1 N–H and O–H groups in total. The fourth-order valence-electron chi connectivity index (χ4n) is 3.13. The molecule has 0 aliphatic carbocycles. The van der Waals surface area contributed by atoms with E-state index in [-0.39, 0.29) is 11.9 Å². The van der Waals surface area contributed by atoms with Crippen LogP contribution in [0.3, 0.4) is 0 Å². The van der Waals surface area contributed by atoms with Crippen LogP contribution < -0.4 is 10.2 Å². The maximum atomic E-state index is 12.5. The molecule has 1 aliphatic heterocycles. The van der Waals surface area contributed by atoms with Gasteiger partial charge in [-0.15, -0.1) is 11.3 Å². The zero-order chi connectivity index (χ0) is 18.6. The van der Waals surface area contributed by atoms with Crippen molar-refractivity contribution in [3.63, 3.8) is 0 Å². The molecule has 27 heavy (non-hydrogen) atoms. The highest BCUT2D eigenvalue weighted by Gasteiger charge is 2.17. The van der Waals surface area contributed by atoms with E-state index >= 15 is 0 Å². The predicted octanol–water partition coefficient (Wildman–Crippen LogP) is 3.69. The van der Waals surface area contributed by atoms with Gasteiger partial charge in [-0.1, -0.05) is 6.07 Å². The lowest BCUT2D eigenvalue weighted by Crippen LogP contribution is -2.27. The first-order valence-corrected chi connectivity index (χ1v) is 9.97. The van der Waals surface area contributed by atoms with E-state index in [2.05, 4.69) is 25.2 Å². The second kappa shape index (κ2) is 7.84. The predicted molar refractivity (Wildman–Crippen MR) is 107 cm³/mol. The van der Waals surface area contributed by atoms with Crippen LogP contribution in [0.5, 0.6) is 0 Å². The number of aromatic nitrogens is 3. The third-order valence-corrected chi connectivity index (χ3v) is 5.53. The molecule has 1 fully saturated rings. The van der Waals surface area contributed by atoms with Crippen molar-refractivity contribution in [2.75, 3.05) is 18.0 Å². The first-order valence-electron chi connectivity index (χ1n) is 9.09. The third-order valence-electron chi connectivity index (χ3n) is 4.64. The Balaban J connectivity index is 1.44. The maximum absolute atomic E-state index is 12.5. The monoisotopic (exact) mass is 379 g/mol. The Kier molecular flexibility index (Phi) is 5.11. The molecule has 0 aromatic carbocycles. The summed E-state index contributed by atoms with van der Waals surface area (Å²) in [6, 6.07) is 9.54. The van der Waals surface area contributed by atoms with Gasteiger partial charge in [-0.25, -0.2) is 9.97 Å². The Bertz CT molecular complexity index is 904. The molecule has 0 bridgehead atoms. The van der Waals surface area contributed by atoms with E-state index in [0.29, 0.717) is 5.69 Å². The molecule has 7 heteroatoms. The van der Waals surface area contributed by atoms with Gasteiger partial charge in [0.2, 0.25) is 0 Å². The molecule has 4 heterocycles. The van der Waals surface area contributed by atoms with Crippen molar-refractivity contribution in [3.05, 3.63) is 59.5 Å². The van der Waals surface area contributed by atoms with E-state index in [4.69, 9.17) is 0 Å². The minimum absolute atomic E-state index is 0.176. The molecule has 138 valence electrons. The summed E-state index contributed by atoms with van der Waals surface area (Å²) >= 11 is 1.45. The number of carbonyl (C=O) groups excluding carboxylic acids is 1. The lowest BCUT2D eigenvalue weighted by atomic mass is 10.2. The molecule has 1 aliphatic rings. The highest BCUT2D eigenvalue weighted by Crippen LogP contribution is 2.26. The van der Waals surface area contributed by atoms with Gasteiger partial charge < -0.3 is 10.2 Å². The Morgan fingerprint density at radius 1 is 1.19 bits per heavy atom. The Morgan fingerprint density at radius 2 is 2.04 bits per heavy atom. The lowest BCUT2D eigenvalue weighted by molar-refractivity contribution is 0.0935. The van der Waals surface area contributed by atoms with Crippen LogP contribution >= 0.6 is 11.3 Å². The van der Waals surface area contributed by atoms with Crippen LogP contribution in [0.2, 0.25) is 0 Å². The number of rotatable bonds is 5. The van der Waals surface area contributed by atoms with Crippen LogP contribution in [0.4, 0.5) is 5.82 Å². The summed E-state index contributed by atoms with van der Waals surface area (Å²) in [4.78, 5) is 28.1. The molecular formula is C20H21N5OS. The van der Waals surface area contributed by atoms with Gasteiger partial charge in [0.25, 0.3) is 5.91 Å². The number of amides is 1. The summed E-state index contributed by atoms with van der Waals surface area (Å²) in [6.45, 7) is 4.05. The average Bonchev–Trinajstić information content (AvgIpc) is 3.41. The number of nitrogens with one attached hydrogen (secondary N) is 1. The smallest absolute Gasteiger partial charge is 0.271 e. The number of anilines is 1. The molecule has 1 saturated heterocycles. The Morgan fingerprint density at radius 3 is 2.74 bits per heavy atom. The molecule has 4 rings (SSSR count). The zero-order valence-corrected chi connectivity index (χ0v) is 15.9. The number of hydrogen-bond donors (Lipinski definition) is 1. The number of carbonyl (C=O) groups is 1. The van der Waals surface area contributed by atoms with Crippen LogP contribution in [0.1, 0.15) is 42.0 Å². The zero-order valence-electron chi connectivity index (χ0n) is 15.1. The van der Waals surface area contributed by atoms with E-state index in [1.807, 2.05) is 43.5 Å². The van der Waals surface area contributed by atoms with E-state index in [9.17, 15) is 4.79 Å². The molecular weight excluding hydrogens is 358 g/mol. The molecule has 0 radical (unpaired) electrons. The number of pyridine rings is 2. The van der Waals surface area contributed by atoms with Crippen LogP contribution in [-0.4, -0.2) is 33.9 Å². The SMILES string of the molecule is C[C@H](NC(=O)c1csc(-c2ccc(N3CCCC3)nc2)n1)c1ccccn1. The van der Waals surface area contributed by atoms with Gasteiger partial charge in [0.15, 0.2) is 0 Å². The van der Waals surface area contributed by atoms with Crippen molar-refractivity contribution in [2.24, 2.45) is 0 Å². The summed E-state index contributed by atoms with van der Waals surface area (Å²) in [6.07, 6.45) is 6.01. The van der Waals surface area contributed by atoms with E-state index in [0.717, 1.165) is 35.2 Å². The Hall–Kier alpha value is -2.80. The average molecular weight is 379 g/mol. The quantitative estimate of drug-likeness (QED) is 0.732. The molecule has 6 nitrogen and oxygen atoms in total. The lowest BCUT2D eigenvalue weighted by Gasteiger charge is -2.15. The number of thiazole rings is 1. The van der Waals surface area contributed by atoms with E-state index < -0.39 is 0 Å². The van der Waals surface area contributed by atoms with Crippen LogP contribution in [-0.2, 0) is 0 Å². The normalized spacial score (nSPS) is 14.9. The number of hydrogen-bond acceptors (Lipinski definition) is 6. The van der Waals surface area contributed by atoms with Crippen molar-refractivity contribution in [3.8, 4) is 10.6 Å². The summed E-state index contributed by atoms with van der Waals surface area (Å²) < 4.78 is 0. The minimum Gasteiger partial charge on any atom is -0.357 e. The van der Waals surface area contributed by atoms with Gasteiger partial charge >= 0.3 is 0 Å². The summed E-state index contributed by atoms with van der Waals surface area (Å²) in [7, 11) is 0. The van der Waals surface area contributed by atoms with Crippen LogP contribution in [0.25, 0.3) is 10.6 Å². The third kappa shape index (κ3) is 3.98. The van der Waals surface area contributed by atoms with Gasteiger partial charge in [0.1, 0.15) is 16.5 Å². The van der Waals surface area contributed by atoms with Crippen molar-refractivity contribution >= 4 is 23.1 Å². The highest BCUT2D eigenvalue weighted by atomic mass is 32.1. The second-order valence-corrected chi connectivity index (χ2v) is 7.44. The topological polar surface area (TPSA) is 71.0 Å². The number of nitrogens with zero attached hydrogens (tertiary/aromatic N) is 4.